The number of sulfonamides is 1. The molecule has 2 rings (SSSR count). The molecule has 1 aromatic heterocycles. The highest BCUT2D eigenvalue weighted by Gasteiger charge is 2.20. The maximum Gasteiger partial charge on any atom is 0.265 e. The second kappa shape index (κ2) is 4.30. The average Bonchev–Trinajstić information content (AvgIpc) is 2.67. The number of halogens is 1. The van der Waals surface area contributed by atoms with Crippen molar-refractivity contribution in [3.05, 3.63) is 36.3 Å². The van der Waals surface area contributed by atoms with Crippen LogP contribution < -0.4 is 10.5 Å². The number of nitrogen functional groups attached to an aromatic ring is 1. The molecule has 96 valence electrons. The largest absolute Gasteiger partial charge is 0.395 e. The molecule has 0 atom stereocenters. The Hall–Kier alpha value is -2.09. The highest BCUT2D eigenvalue weighted by atomic mass is 32.2. The minimum atomic E-state index is -3.93. The Kier molecular flexibility index (Phi) is 2.95. The van der Waals surface area contributed by atoms with E-state index in [4.69, 9.17) is 5.73 Å². The number of aryl methyl sites for hydroxylation is 1. The first kappa shape index (κ1) is 12.4. The predicted molar refractivity (Wildman–Crippen MR) is 64.8 cm³/mol. The maximum absolute atomic E-state index is 13.2. The van der Waals surface area contributed by atoms with E-state index in [1.165, 1.54) is 29.1 Å². The van der Waals surface area contributed by atoms with Crippen LogP contribution in [0.2, 0.25) is 0 Å². The van der Waals surface area contributed by atoms with Gasteiger partial charge in [0.25, 0.3) is 10.0 Å². The number of nitrogens with zero attached hydrogens (tertiary/aromatic N) is 2. The van der Waals surface area contributed by atoms with E-state index in [0.29, 0.717) is 0 Å². The Bertz CT molecular complexity index is 681. The van der Waals surface area contributed by atoms with Gasteiger partial charge in [-0.3, -0.25) is 9.40 Å². The summed E-state index contributed by atoms with van der Waals surface area (Å²) in [5, 5.41) is 3.82. The van der Waals surface area contributed by atoms with E-state index < -0.39 is 21.5 Å². The molecule has 1 heterocycles. The Morgan fingerprint density at radius 2 is 2.11 bits per heavy atom. The van der Waals surface area contributed by atoms with Gasteiger partial charge in [0.1, 0.15) is 16.5 Å². The minimum Gasteiger partial charge on any atom is -0.395 e. The van der Waals surface area contributed by atoms with Crippen molar-refractivity contribution < 1.29 is 12.8 Å². The fourth-order valence-corrected chi connectivity index (χ4v) is 2.65. The van der Waals surface area contributed by atoms with Crippen molar-refractivity contribution in [2.45, 2.75) is 4.90 Å². The van der Waals surface area contributed by atoms with Crippen molar-refractivity contribution in [2.24, 2.45) is 7.05 Å². The van der Waals surface area contributed by atoms with Crippen LogP contribution in [0.15, 0.2) is 35.4 Å². The number of nitrogens with two attached hydrogens (primary N) is 1. The highest BCUT2D eigenvalue weighted by Crippen LogP contribution is 2.23. The van der Waals surface area contributed by atoms with Crippen LogP contribution in [0.4, 0.5) is 15.9 Å². The topological polar surface area (TPSA) is 90.0 Å². The zero-order valence-corrected chi connectivity index (χ0v) is 10.3. The summed E-state index contributed by atoms with van der Waals surface area (Å²) in [4.78, 5) is -0.302. The second-order valence-corrected chi connectivity index (χ2v) is 5.25. The molecule has 0 bridgehead atoms. The third kappa shape index (κ3) is 2.14. The molecule has 0 spiro atoms. The molecule has 1 aromatic carbocycles. The third-order valence-corrected chi connectivity index (χ3v) is 3.78. The summed E-state index contributed by atoms with van der Waals surface area (Å²) in [6.45, 7) is 0. The van der Waals surface area contributed by atoms with Gasteiger partial charge >= 0.3 is 0 Å². The maximum atomic E-state index is 13.2. The highest BCUT2D eigenvalue weighted by molar-refractivity contribution is 7.92. The number of rotatable bonds is 3. The van der Waals surface area contributed by atoms with Crippen molar-refractivity contribution in [3.63, 3.8) is 0 Å². The van der Waals surface area contributed by atoms with Crippen LogP contribution in [0.25, 0.3) is 0 Å². The molecule has 0 radical (unpaired) electrons. The zero-order valence-electron chi connectivity index (χ0n) is 9.46. The molecule has 0 unspecified atom stereocenters. The Morgan fingerprint density at radius 1 is 1.39 bits per heavy atom. The number of hydrogen-bond donors (Lipinski definition) is 2. The van der Waals surface area contributed by atoms with Crippen LogP contribution in [-0.4, -0.2) is 18.2 Å². The number of aromatic nitrogens is 2. The monoisotopic (exact) mass is 270 g/mol. The molecule has 6 nitrogen and oxygen atoms in total. The van der Waals surface area contributed by atoms with Crippen molar-refractivity contribution in [3.8, 4) is 0 Å². The van der Waals surface area contributed by atoms with Crippen molar-refractivity contribution >= 4 is 21.5 Å². The third-order valence-electron chi connectivity index (χ3n) is 2.36. The number of hydrogen-bond acceptors (Lipinski definition) is 4. The SMILES string of the molecule is Cn1nccc1NS(=O)(=O)c1cccc(F)c1N. The molecule has 0 saturated carbocycles. The summed E-state index contributed by atoms with van der Waals surface area (Å²) in [7, 11) is -2.36. The van der Waals surface area contributed by atoms with Crippen molar-refractivity contribution in [1.29, 1.82) is 0 Å². The van der Waals surface area contributed by atoms with Gasteiger partial charge in [0, 0.05) is 13.1 Å². The van der Waals surface area contributed by atoms with Gasteiger partial charge in [-0.15, -0.1) is 0 Å². The number of para-hydroxylation sites is 1. The standard InChI is InChI=1S/C10H11FN4O2S/c1-15-9(5-6-13-15)14-18(16,17)8-4-2-3-7(11)10(8)12/h2-6,14H,12H2,1H3. The minimum absolute atomic E-state index is 0.263. The van der Waals surface area contributed by atoms with Gasteiger partial charge in [0.05, 0.1) is 11.9 Å². The summed E-state index contributed by atoms with van der Waals surface area (Å²) in [5.41, 5.74) is 5.01. The van der Waals surface area contributed by atoms with Crippen molar-refractivity contribution in [2.75, 3.05) is 10.5 Å². The van der Waals surface area contributed by atoms with Crippen LogP contribution in [0.1, 0.15) is 0 Å². The lowest BCUT2D eigenvalue weighted by Gasteiger charge is -2.10. The van der Waals surface area contributed by atoms with E-state index in [0.717, 1.165) is 6.07 Å². The molecule has 0 amide bonds. The van der Waals surface area contributed by atoms with E-state index in [1.54, 1.807) is 7.05 Å². The normalized spacial score (nSPS) is 11.4. The average molecular weight is 270 g/mol. The molecule has 18 heavy (non-hydrogen) atoms. The predicted octanol–water partition coefficient (Wildman–Crippen LogP) is 0.942. The molecule has 0 aliphatic rings. The van der Waals surface area contributed by atoms with Crippen LogP contribution in [-0.2, 0) is 17.1 Å². The second-order valence-electron chi connectivity index (χ2n) is 3.60. The molecule has 0 aliphatic carbocycles. The van der Waals surface area contributed by atoms with Gasteiger partial charge in [-0.05, 0) is 12.1 Å². The van der Waals surface area contributed by atoms with Gasteiger partial charge in [-0.2, -0.15) is 5.10 Å². The number of benzene rings is 1. The van der Waals surface area contributed by atoms with E-state index in [2.05, 4.69) is 9.82 Å². The van der Waals surface area contributed by atoms with Crippen LogP contribution in [0.5, 0.6) is 0 Å². The van der Waals surface area contributed by atoms with E-state index in [1.807, 2.05) is 0 Å². The van der Waals surface area contributed by atoms with E-state index >= 15 is 0 Å². The lowest BCUT2D eigenvalue weighted by Crippen LogP contribution is -2.17. The Balaban J connectivity index is 2.43. The quantitative estimate of drug-likeness (QED) is 0.812. The van der Waals surface area contributed by atoms with Gasteiger partial charge in [0.15, 0.2) is 0 Å². The first-order valence-electron chi connectivity index (χ1n) is 4.96. The smallest absolute Gasteiger partial charge is 0.265 e. The Morgan fingerprint density at radius 3 is 2.72 bits per heavy atom. The lowest BCUT2D eigenvalue weighted by atomic mass is 10.3. The molecule has 2 aromatic rings. The first-order chi connectivity index (χ1) is 8.42. The molecular formula is C10H11FN4O2S. The molecule has 0 saturated heterocycles. The molecule has 0 fully saturated rings. The van der Waals surface area contributed by atoms with Crippen LogP contribution in [0, 0.1) is 5.82 Å². The fraction of sp³-hybridized carbons (Fsp3) is 0.100. The van der Waals surface area contributed by atoms with Crippen LogP contribution in [0.3, 0.4) is 0 Å². The molecule has 0 aliphatic heterocycles. The summed E-state index contributed by atoms with van der Waals surface area (Å²) in [6, 6.07) is 5.09. The summed E-state index contributed by atoms with van der Waals surface area (Å²) < 4.78 is 40.9. The van der Waals surface area contributed by atoms with E-state index in [-0.39, 0.29) is 10.7 Å². The fourth-order valence-electron chi connectivity index (χ4n) is 1.42. The van der Waals surface area contributed by atoms with Gasteiger partial charge < -0.3 is 5.73 Å². The lowest BCUT2D eigenvalue weighted by molar-refractivity contribution is 0.596. The summed E-state index contributed by atoms with van der Waals surface area (Å²) >= 11 is 0. The zero-order chi connectivity index (χ0) is 13.3. The molecule has 3 N–H and O–H groups in total. The van der Waals surface area contributed by atoms with Crippen molar-refractivity contribution in [1.82, 2.24) is 9.78 Å². The summed E-state index contributed by atoms with van der Waals surface area (Å²) in [6.07, 6.45) is 1.44. The number of nitrogens with one attached hydrogen (secondary N) is 1. The van der Waals surface area contributed by atoms with E-state index in [9.17, 15) is 12.8 Å². The molecule has 8 heteroatoms. The summed E-state index contributed by atoms with van der Waals surface area (Å²) in [5.74, 6) is -0.512. The number of anilines is 2. The van der Waals surface area contributed by atoms with Gasteiger partial charge in [-0.25, -0.2) is 12.8 Å². The van der Waals surface area contributed by atoms with Gasteiger partial charge in [-0.1, -0.05) is 6.07 Å². The molecular weight excluding hydrogens is 259 g/mol. The first-order valence-corrected chi connectivity index (χ1v) is 6.45. The Labute approximate surface area is 103 Å². The van der Waals surface area contributed by atoms with Gasteiger partial charge in [0.2, 0.25) is 0 Å². The van der Waals surface area contributed by atoms with Crippen LogP contribution >= 0.6 is 0 Å².